The van der Waals surface area contributed by atoms with E-state index in [0.29, 0.717) is 6.04 Å². The molecule has 0 aromatic heterocycles. The highest BCUT2D eigenvalue weighted by atomic mass is 16.1. The van der Waals surface area contributed by atoms with Crippen molar-refractivity contribution in [2.45, 2.75) is 46.6 Å². The molecule has 0 saturated carbocycles. The van der Waals surface area contributed by atoms with E-state index in [9.17, 15) is 4.79 Å². The smallest absolute Gasteiger partial charge is 0.216 e. The fourth-order valence-corrected chi connectivity index (χ4v) is 1.80. The lowest BCUT2D eigenvalue weighted by molar-refractivity contribution is -0.119. The molecule has 1 rings (SSSR count). The van der Waals surface area contributed by atoms with Crippen molar-refractivity contribution in [3.05, 3.63) is 0 Å². The van der Waals surface area contributed by atoms with Gasteiger partial charge in [0.2, 0.25) is 5.91 Å². The largest absolute Gasteiger partial charge is 0.355 e. The second-order valence-electron chi connectivity index (χ2n) is 3.36. The van der Waals surface area contributed by atoms with E-state index in [1.807, 2.05) is 13.8 Å². The molecule has 1 aliphatic rings. The molecule has 0 aromatic carbocycles. The maximum Gasteiger partial charge on any atom is 0.216 e. The van der Waals surface area contributed by atoms with E-state index in [2.05, 4.69) is 17.1 Å². The minimum Gasteiger partial charge on any atom is -0.355 e. The molecule has 1 amide bonds. The first-order chi connectivity index (χ1) is 6.74. The Morgan fingerprint density at radius 1 is 1.50 bits per heavy atom. The Morgan fingerprint density at radius 2 is 2.14 bits per heavy atom. The third-order valence-corrected chi connectivity index (χ3v) is 2.49. The zero-order chi connectivity index (χ0) is 11.0. The summed E-state index contributed by atoms with van der Waals surface area (Å²) in [6.07, 6.45) is 2.51. The van der Waals surface area contributed by atoms with Gasteiger partial charge in [-0.25, -0.2) is 0 Å². The summed E-state index contributed by atoms with van der Waals surface area (Å²) in [5, 5.41) is 2.87. The van der Waals surface area contributed by atoms with Crippen molar-refractivity contribution in [1.29, 1.82) is 0 Å². The molecule has 0 spiro atoms. The van der Waals surface area contributed by atoms with Gasteiger partial charge >= 0.3 is 0 Å². The van der Waals surface area contributed by atoms with Crippen LogP contribution in [0.2, 0.25) is 0 Å². The zero-order valence-electron chi connectivity index (χ0n) is 9.97. The van der Waals surface area contributed by atoms with Gasteiger partial charge in [-0.2, -0.15) is 0 Å². The number of rotatable bonds is 3. The lowest BCUT2D eigenvalue weighted by Crippen LogP contribution is -2.39. The highest BCUT2D eigenvalue weighted by molar-refractivity contribution is 5.72. The molecular formula is C11H24N2O. The van der Waals surface area contributed by atoms with Crippen LogP contribution < -0.4 is 5.32 Å². The predicted octanol–water partition coefficient (Wildman–Crippen LogP) is 1.63. The second kappa shape index (κ2) is 7.80. The predicted molar refractivity (Wildman–Crippen MR) is 60.3 cm³/mol. The van der Waals surface area contributed by atoms with Crippen molar-refractivity contribution in [2.24, 2.45) is 0 Å². The standard InChI is InChI=1S/C9H18N2O.C2H6/c1-3-11-6-4-5-9(11)7-10-8(2)12;1-2/h9H,3-7H2,1-2H3,(H,10,12);1-2H3. The average Bonchev–Trinajstić information content (AvgIpc) is 2.65. The van der Waals surface area contributed by atoms with Gasteiger partial charge in [-0.1, -0.05) is 20.8 Å². The molecule has 1 N–H and O–H groups in total. The molecular weight excluding hydrogens is 176 g/mol. The maximum absolute atomic E-state index is 10.7. The van der Waals surface area contributed by atoms with Gasteiger partial charge < -0.3 is 5.32 Å². The van der Waals surface area contributed by atoms with Gasteiger partial charge in [-0.15, -0.1) is 0 Å². The number of likely N-dealkylation sites (tertiary alicyclic amines) is 1. The molecule has 1 unspecified atom stereocenters. The first-order valence-electron chi connectivity index (χ1n) is 5.72. The van der Waals surface area contributed by atoms with Crippen LogP contribution in [0.15, 0.2) is 0 Å². The monoisotopic (exact) mass is 200 g/mol. The van der Waals surface area contributed by atoms with Crippen molar-refractivity contribution >= 4 is 5.91 Å². The van der Waals surface area contributed by atoms with Gasteiger partial charge in [0.05, 0.1) is 0 Å². The Kier molecular flexibility index (Phi) is 7.48. The number of likely N-dealkylation sites (N-methyl/N-ethyl adjacent to an activating group) is 1. The number of hydrogen-bond donors (Lipinski definition) is 1. The van der Waals surface area contributed by atoms with Crippen molar-refractivity contribution < 1.29 is 4.79 Å². The molecule has 1 saturated heterocycles. The molecule has 1 atom stereocenters. The quantitative estimate of drug-likeness (QED) is 0.751. The van der Waals surface area contributed by atoms with Crippen LogP contribution >= 0.6 is 0 Å². The Hall–Kier alpha value is -0.570. The Bertz CT molecular complexity index is 159. The van der Waals surface area contributed by atoms with Crippen molar-refractivity contribution in [2.75, 3.05) is 19.6 Å². The minimum atomic E-state index is 0.0814. The van der Waals surface area contributed by atoms with Crippen LogP contribution in [0.3, 0.4) is 0 Å². The summed E-state index contributed by atoms with van der Waals surface area (Å²) in [5.74, 6) is 0.0814. The maximum atomic E-state index is 10.7. The Morgan fingerprint density at radius 3 is 2.64 bits per heavy atom. The number of nitrogens with one attached hydrogen (secondary N) is 1. The van der Waals surface area contributed by atoms with Gasteiger partial charge in [0.15, 0.2) is 0 Å². The molecule has 0 bridgehead atoms. The first kappa shape index (κ1) is 13.4. The van der Waals surface area contributed by atoms with Crippen LogP contribution in [-0.4, -0.2) is 36.5 Å². The normalized spacial score (nSPS) is 21.3. The molecule has 1 heterocycles. The van der Waals surface area contributed by atoms with E-state index in [4.69, 9.17) is 0 Å². The highest BCUT2D eigenvalue weighted by Crippen LogP contribution is 2.15. The van der Waals surface area contributed by atoms with Crippen LogP contribution in [0.25, 0.3) is 0 Å². The topological polar surface area (TPSA) is 32.3 Å². The highest BCUT2D eigenvalue weighted by Gasteiger charge is 2.22. The second-order valence-corrected chi connectivity index (χ2v) is 3.36. The summed E-state index contributed by atoms with van der Waals surface area (Å²) in [4.78, 5) is 13.1. The fourth-order valence-electron chi connectivity index (χ4n) is 1.80. The van der Waals surface area contributed by atoms with Crippen LogP contribution in [0, 0.1) is 0 Å². The summed E-state index contributed by atoms with van der Waals surface area (Å²) in [7, 11) is 0. The third-order valence-electron chi connectivity index (χ3n) is 2.49. The van der Waals surface area contributed by atoms with Crippen LogP contribution in [0.4, 0.5) is 0 Å². The fraction of sp³-hybridized carbons (Fsp3) is 0.909. The summed E-state index contributed by atoms with van der Waals surface area (Å²) in [6, 6.07) is 0.582. The molecule has 3 heteroatoms. The van der Waals surface area contributed by atoms with E-state index in [1.165, 1.54) is 19.4 Å². The molecule has 0 radical (unpaired) electrons. The molecule has 3 nitrogen and oxygen atoms in total. The van der Waals surface area contributed by atoms with Gasteiger partial charge in [0, 0.05) is 19.5 Å². The van der Waals surface area contributed by atoms with E-state index in [0.717, 1.165) is 13.1 Å². The van der Waals surface area contributed by atoms with E-state index in [1.54, 1.807) is 6.92 Å². The minimum absolute atomic E-state index is 0.0814. The van der Waals surface area contributed by atoms with Crippen LogP contribution in [0.1, 0.15) is 40.5 Å². The summed E-state index contributed by atoms with van der Waals surface area (Å²) >= 11 is 0. The average molecular weight is 200 g/mol. The van der Waals surface area contributed by atoms with Gasteiger partial charge in [0.1, 0.15) is 0 Å². The number of hydrogen-bond acceptors (Lipinski definition) is 2. The number of nitrogens with zero attached hydrogens (tertiary/aromatic N) is 1. The molecule has 1 fully saturated rings. The number of carbonyl (C=O) groups excluding carboxylic acids is 1. The van der Waals surface area contributed by atoms with Gasteiger partial charge in [0.25, 0.3) is 0 Å². The van der Waals surface area contributed by atoms with E-state index >= 15 is 0 Å². The molecule has 84 valence electrons. The Labute approximate surface area is 87.9 Å². The number of carbonyl (C=O) groups is 1. The van der Waals surface area contributed by atoms with Crippen molar-refractivity contribution in [3.8, 4) is 0 Å². The van der Waals surface area contributed by atoms with E-state index in [-0.39, 0.29) is 5.91 Å². The molecule has 14 heavy (non-hydrogen) atoms. The molecule has 1 aliphatic heterocycles. The first-order valence-corrected chi connectivity index (χ1v) is 5.72. The summed E-state index contributed by atoms with van der Waals surface area (Å²) in [5.41, 5.74) is 0. The van der Waals surface area contributed by atoms with Crippen molar-refractivity contribution in [1.82, 2.24) is 10.2 Å². The van der Waals surface area contributed by atoms with Crippen LogP contribution in [0.5, 0.6) is 0 Å². The third kappa shape index (κ3) is 4.61. The Balaban J connectivity index is 0.000000791. The lowest BCUT2D eigenvalue weighted by atomic mass is 10.2. The van der Waals surface area contributed by atoms with Crippen molar-refractivity contribution in [3.63, 3.8) is 0 Å². The summed E-state index contributed by atoms with van der Waals surface area (Å²) < 4.78 is 0. The lowest BCUT2D eigenvalue weighted by Gasteiger charge is -2.22. The van der Waals surface area contributed by atoms with Gasteiger partial charge in [-0.05, 0) is 25.9 Å². The molecule has 0 aliphatic carbocycles. The SMILES string of the molecule is CC.CCN1CCCC1CNC(C)=O. The zero-order valence-corrected chi connectivity index (χ0v) is 9.97. The van der Waals surface area contributed by atoms with E-state index < -0.39 is 0 Å². The number of amides is 1. The summed E-state index contributed by atoms with van der Waals surface area (Å²) in [6.45, 7) is 10.9. The van der Waals surface area contributed by atoms with Crippen LogP contribution in [-0.2, 0) is 4.79 Å². The van der Waals surface area contributed by atoms with Gasteiger partial charge in [-0.3, -0.25) is 9.69 Å². The molecule has 0 aromatic rings.